The smallest absolute Gasteiger partial charge is 0.246 e. The largest absolute Gasteiger partial charge is 0.495 e. The second kappa shape index (κ2) is 11.7. The molecule has 0 spiro atoms. The highest BCUT2D eigenvalue weighted by molar-refractivity contribution is 7.89. The first-order valence-electron chi connectivity index (χ1n) is 11.1. The van der Waals surface area contributed by atoms with Gasteiger partial charge in [0.1, 0.15) is 16.5 Å². The molecule has 0 atom stereocenters. The normalized spacial score (nSPS) is 14.9. The maximum absolute atomic E-state index is 13.3. The van der Waals surface area contributed by atoms with E-state index >= 15 is 0 Å². The Bertz CT molecular complexity index is 1070. The quantitative estimate of drug-likeness (QED) is 0.504. The van der Waals surface area contributed by atoms with E-state index in [1.54, 1.807) is 29.2 Å². The third-order valence-electron chi connectivity index (χ3n) is 5.63. The zero-order valence-electron chi connectivity index (χ0n) is 19.9. The van der Waals surface area contributed by atoms with Gasteiger partial charge in [-0.25, -0.2) is 12.8 Å². The highest BCUT2D eigenvalue weighted by Gasteiger charge is 2.30. The van der Waals surface area contributed by atoms with Crippen LogP contribution < -0.4 is 4.74 Å². The summed E-state index contributed by atoms with van der Waals surface area (Å²) >= 11 is 0. The summed E-state index contributed by atoms with van der Waals surface area (Å²) in [5.74, 6) is -0.244. The van der Waals surface area contributed by atoms with Crippen LogP contribution in [-0.4, -0.2) is 89.0 Å². The number of benzene rings is 2. The molecule has 0 saturated carbocycles. The van der Waals surface area contributed by atoms with Crippen LogP contribution in [0.15, 0.2) is 47.4 Å². The summed E-state index contributed by atoms with van der Waals surface area (Å²) in [7, 11) is 1.47. The summed E-state index contributed by atoms with van der Waals surface area (Å²) in [6.07, 6.45) is 0.0320. The average Bonchev–Trinajstić information content (AvgIpc) is 2.83. The number of ether oxygens (including phenoxy) is 2. The van der Waals surface area contributed by atoms with Gasteiger partial charge in [0, 0.05) is 32.7 Å². The van der Waals surface area contributed by atoms with Gasteiger partial charge in [0.2, 0.25) is 15.9 Å². The summed E-state index contributed by atoms with van der Waals surface area (Å²) in [6.45, 7) is 2.69. The first kappa shape index (κ1) is 26.1. The number of rotatable bonds is 10. The van der Waals surface area contributed by atoms with Crippen LogP contribution in [0.2, 0.25) is 0 Å². The SMILES string of the molecule is COc1ccc(CC(=O)N(CCN(C)C)Cc2ccc(F)cc2)cc1S(=O)(=O)N1CCOCC1. The summed E-state index contributed by atoms with van der Waals surface area (Å²) < 4.78 is 51.7. The molecule has 0 bridgehead atoms. The molecule has 1 saturated heterocycles. The third-order valence-corrected chi connectivity index (χ3v) is 7.55. The van der Waals surface area contributed by atoms with E-state index in [0.717, 1.165) is 5.56 Å². The zero-order valence-corrected chi connectivity index (χ0v) is 20.7. The highest BCUT2D eigenvalue weighted by Crippen LogP contribution is 2.29. The van der Waals surface area contributed by atoms with Crippen LogP contribution in [-0.2, 0) is 32.5 Å². The van der Waals surface area contributed by atoms with Crippen molar-refractivity contribution in [3.8, 4) is 5.75 Å². The van der Waals surface area contributed by atoms with E-state index in [-0.39, 0.29) is 41.9 Å². The minimum absolute atomic E-state index is 0.0320. The zero-order chi connectivity index (χ0) is 24.7. The van der Waals surface area contributed by atoms with E-state index in [1.807, 2.05) is 19.0 Å². The van der Waals surface area contributed by atoms with Crippen molar-refractivity contribution in [2.24, 2.45) is 0 Å². The van der Waals surface area contributed by atoms with Crippen molar-refractivity contribution in [1.82, 2.24) is 14.1 Å². The predicted molar refractivity (Wildman–Crippen MR) is 127 cm³/mol. The Labute approximate surface area is 200 Å². The van der Waals surface area contributed by atoms with Gasteiger partial charge in [0.25, 0.3) is 0 Å². The number of hydrogen-bond donors (Lipinski definition) is 0. The van der Waals surface area contributed by atoms with Crippen LogP contribution in [0, 0.1) is 5.82 Å². The minimum atomic E-state index is -3.80. The molecule has 3 rings (SSSR count). The van der Waals surface area contributed by atoms with E-state index in [4.69, 9.17) is 9.47 Å². The fourth-order valence-corrected chi connectivity index (χ4v) is 5.28. The Balaban J connectivity index is 1.82. The molecule has 1 fully saturated rings. The lowest BCUT2D eigenvalue weighted by atomic mass is 10.1. The summed E-state index contributed by atoms with van der Waals surface area (Å²) in [5.41, 5.74) is 1.39. The molecule has 0 unspecified atom stereocenters. The standard InChI is InChI=1S/C24H32FN3O5S/c1-26(2)10-11-27(18-19-4-7-21(25)8-5-19)24(29)17-20-6-9-22(32-3)23(16-20)34(30,31)28-12-14-33-15-13-28/h4-9,16H,10-15,17-18H2,1-3H3. The number of amides is 1. The van der Waals surface area contributed by atoms with Crippen molar-refractivity contribution in [2.75, 3.05) is 60.6 Å². The van der Waals surface area contributed by atoms with Gasteiger partial charge in [-0.15, -0.1) is 0 Å². The van der Waals surface area contributed by atoms with Crippen molar-refractivity contribution in [3.05, 3.63) is 59.4 Å². The lowest BCUT2D eigenvalue weighted by molar-refractivity contribution is -0.131. The number of carbonyl (C=O) groups excluding carboxylic acids is 1. The molecule has 8 nitrogen and oxygen atoms in total. The van der Waals surface area contributed by atoms with Gasteiger partial charge in [0.15, 0.2) is 0 Å². The average molecular weight is 494 g/mol. The van der Waals surface area contributed by atoms with Gasteiger partial charge in [-0.1, -0.05) is 18.2 Å². The highest BCUT2D eigenvalue weighted by atomic mass is 32.2. The lowest BCUT2D eigenvalue weighted by Gasteiger charge is -2.27. The van der Waals surface area contributed by atoms with Gasteiger partial charge < -0.3 is 19.3 Å². The van der Waals surface area contributed by atoms with Gasteiger partial charge in [-0.2, -0.15) is 4.31 Å². The minimum Gasteiger partial charge on any atom is -0.495 e. The van der Waals surface area contributed by atoms with Gasteiger partial charge in [0.05, 0.1) is 26.7 Å². The molecule has 0 aromatic heterocycles. The van der Waals surface area contributed by atoms with Gasteiger partial charge >= 0.3 is 0 Å². The molecule has 0 aliphatic carbocycles. The monoisotopic (exact) mass is 493 g/mol. The van der Waals surface area contributed by atoms with Crippen LogP contribution >= 0.6 is 0 Å². The fraction of sp³-hybridized carbons (Fsp3) is 0.458. The van der Waals surface area contributed by atoms with Crippen LogP contribution in [0.5, 0.6) is 5.75 Å². The first-order valence-corrected chi connectivity index (χ1v) is 12.6. The Hall–Kier alpha value is -2.53. The molecule has 2 aromatic carbocycles. The maximum atomic E-state index is 13.3. The number of methoxy groups -OCH3 is 1. The molecular formula is C24H32FN3O5S. The van der Waals surface area contributed by atoms with E-state index in [2.05, 4.69) is 0 Å². The lowest BCUT2D eigenvalue weighted by Crippen LogP contribution is -2.40. The Morgan fingerprint density at radius 3 is 2.32 bits per heavy atom. The van der Waals surface area contributed by atoms with Crippen molar-refractivity contribution >= 4 is 15.9 Å². The second-order valence-electron chi connectivity index (χ2n) is 8.42. The summed E-state index contributed by atoms with van der Waals surface area (Å²) in [4.78, 5) is 17.0. The van der Waals surface area contributed by atoms with Crippen molar-refractivity contribution in [1.29, 1.82) is 0 Å². The summed E-state index contributed by atoms with van der Waals surface area (Å²) in [6, 6.07) is 10.9. The second-order valence-corrected chi connectivity index (χ2v) is 10.3. The number of halogens is 1. The molecule has 0 radical (unpaired) electrons. The number of carbonyl (C=O) groups is 1. The number of hydrogen-bond acceptors (Lipinski definition) is 6. The van der Waals surface area contributed by atoms with Crippen LogP contribution in [0.1, 0.15) is 11.1 Å². The molecule has 10 heteroatoms. The van der Waals surface area contributed by atoms with Crippen molar-refractivity contribution in [3.63, 3.8) is 0 Å². The van der Waals surface area contributed by atoms with Crippen molar-refractivity contribution in [2.45, 2.75) is 17.9 Å². The number of morpholine rings is 1. The molecule has 1 aliphatic rings. The molecule has 1 heterocycles. The van der Waals surface area contributed by atoms with E-state index < -0.39 is 10.0 Å². The maximum Gasteiger partial charge on any atom is 0.246 e. The predicted octanol–water partition coefficient (Wildman–Crippen LogP) is 1.99. The van der Waals surface area contributed by atoms with Crippen LogP contribution in [0.25, 0.3) is 0 Å². The van der Waals surface area contributed by atoms with Crippen molar-refractivity contribution < 1.29 is 27.1 Å². The summed E-state index contributed by atoms with van der Waals surface area (Å²) in [5, 5.41) is 0. The van der Waals surface area contributed by atoms with Gasteiger partial charge in [-0.3, -0.25) is 4.79 Å². The van der Waals surface area contributed by atoms with E-state index in [0.29, 0.717) is 38.4 Å². The van der Waals surface area contributed by atoms with Crippen LogP contribution in [0.3, 0.4) is 0 Å². The first-order chi connectivity index (χ1) is 16.2. The molecule has 186 valence electrons. The third kappa shape index (κ3) is 6.75. The fourth-order valence-electron chi connectivity index (χ4n) is 3.67. The molecule has 34 heavy (non-hydrogen) atoms. The molecular weight excluding hydrogens is 461 g/mol. The number of likely N-dealkylation sites (N-methyl/N-ethyl adjacent to an activating group) is 1. The van der Waals surface area contributed by atoms with E-state index in [9.17, 15) is 17.6 Å². The Morgan fingerprint density at radius 1 is 1.06 bits per heavy atom. The molecule has 1 amide bonds. The topological polar surface area (TPSA) is 79.4 Å². The van der Waals surface area contributed by atoms with Crippen LogP contribution in [0.4, 0.5) is 4.39 Å². The molecule has 1 aliphatic heterocycles. The number of nitrogens with zero attached hydrogens (tertiary/aromatic N) is 3. The Kier molecular flexibility index (Phi) is 9.01. The van der Waals surface area contributed by atoms with Gasteiger partial charge in [-0.05, 0) is 49.5 Å². The number of sulfonamides is 1. The molecule has 2 aromatic rings. The van der Waals surface area contributed by atoms with E-state index in [1.165, 1.54) is 29.6 Å². The Morgan fingerprint density at radius 2 is 1.71 bits per heavy atom. The molecule has 0 N–H and O–H groups in total.